The fraction of sp³-hybridized carbons (Fsp3) is 0.567. The predicted molar refractivity (Wildman–Crippen MR) is 177 cm³/mol. The van der Waals surface area contributed by atoms with E-state index in [-0.39, 0.29) is 18.3 Å². The van der Waals surface area contributed by atoms with Gasteiger partial charge >= 0.3 is 0 Å². The zero-order valence-corrected chi connectivity index (χ0v) is 29.3. The molecule has 1 atom stereocenters. The standard InChI is InChI=1S/C27H38N2O4.C3H5N3O9.ClH/c1-20(2)27(19-28,22-10-12-24(31-5)26(18-22)33-7)14-8-15-29(3)16-13-21-9-11-23(30-4)25(17-21)32-6;7-4(8)13-1-3(15-6(11)12)2-14-5(9)10;/h9-12,17-18,20H,8,13-16H2,1-7H3;3H,1-2H2;1H. The fourth-order valence-electron chi connectivity index (χ4n) is 4.74. The lowest BCUT2D eigenvalue weighted by molar-refractivity contribution is -0.803. The van der Waals surface area contributed by atoms with Crippen LogP contribution >= 0.6 is 12.4 Å². The maximum atomic E-state index is 10.2. The highest BCUT2D eigenvalue weighted by atomic mass is 35.5. The summed E-state index contributed by atoms with van der Waals surface area (Å²) in [4.78, 5) is 42.8. The minimum absolute atomic E-state index is 0. The Hall–Kier alpha value is -5.02. The second kappa shape index (κ2) is 22.5. The van der Waals surface area contributed by atoms with E-state index in [1.54, 1.807) is 28.4 Å². The molecule has 0 saturated heterocycles. The van der Waals surface area contributed by atoms with Crippen LogP contribution in [0.25, 0.3) is 0 Å². The van der Waals surface area contributed by atoms with Gasteiger partial charge in [-0.15, -0.1) is 42.7 Å². The molecule has 0 N–H and O–H groups in total. The van der Waals surface area contributed by atoms with Gasteiger partial charge in [-0.2, -0.15) is 5.26 Å². The Kier molecular flexibility index (Phi) is 20.2. The molecule has 0 radical (unpaired) electrons. The van der Waals surface area contributed by atoms with E-state index in [1.807, 2.05) is 30.3 Å². The Morgan fingerprint density at radius 2 is 1.31 bits per heavy atom. The second-order valence-electron chi connectivity index (χ2n) is 10.6. The van der Waals surface area contributed by atoms with Gasteiger partial charge in [-0.05, 0) is 74.2 Å². The number of likely N-dealkylation sites (N-methyl/N-ethyl adjacent to an activating group) is 1. The molecule has 2 aromatic rings. The van der Waals surface area contributed by atoms with Crippen molar-refractivity contribution >= 4 is 12.4 Å². The summed E-state index contributed by atoms with van der Waals surface area (Å²) < 4.78 is 21.6. The number of benzene rings is 2. The molecule has 0 aliphatic rings. The van der Waals surface area contributed by atoms with Crippen molar-refractivity contribution in [2.75, 3.05) is 61.8 Å². The smallest absolute Gasteiger partial charge is 0.294 e. The van der Waals surface area contributed by atoms with Crippen LogP contribution in [0, 0.1) is 47.6 Å². The van der Waals surface area contributed by atoms with E-state index in [2.05, 4.69) is 52.4 Å². The fourth-order valence-corrected chi connectivity index (χ4v) is 4.74. The lowest BCUT2D eigenvalue weighted by Gasteiger charge is -2.32. The monoisotopic (exact) mass is 717 g/mol. The molecule has 0 fully saturated rings. The van der Waals surface area contributed by atoms with Gasteiger partial charge in [0.25, 0.3) is 15.3 Å². The summed E-state index contributed by atoms with van der Waals surface area (Å²) in [6.07, 6.45) is 1.07. The Labute approximate surface area is 290 Å². The van der Waals surface area contributed by atoms with Gasteiger partial charge in [-0.1, -0.05) is 26.0 Å². The van der Waals surface area contributed by atoms with Crippen LogP contribution in [0.4, 0.5) is 0 Å². The third-order valence-corrected chi connectivity index (χ3v) is 7.39. The lowest BCUT2D eigenvalue weighted by atomic mass is 9.69. The molecule has 0 spiro atoms. The number of nitriles is 1. The Bertz CT molecular complexity index is 1360. The van der Waals surface area contributed by atoms with Crippen molar-refractivity contribution < 1.29 is 48.7 Å². The summed E-state index contributed by atoms with van der Waals surface area (Å²) >= 11 is 0. The highest BCUT2D eigenvalue weighted by Crippen LogP contribution is 2.40. The predicted octanol–water partition coefficient (Wildman–Crippen LogP) is 4.49. The molecule has 1 unspecified atom stereocenters. The van der Waals surface area contributed by atoms with Crippen LogP contribution in [0.5, 0.6) is 23.0 Å². The molecule has 18 nitrogen and oxygen atoms in total. The molecule has 0 amide bonds. The SMILES string of the molecule is COc1ccc(CCN(C)CCCC(C#N)(c2ccc(OC)c(OC)c2)C(C)C)cc1OC.Cl.O=[N+]([O-])OCC(CO[N+](=O)[O-])O[N+](=O)[O-]. The molecule has 19 heteroatoms. The van der Waals surface area contributed by atoms with E-state index in [4.69, 9.17) is 18.9 Å². The van der Waals surface area contributed by atoms with E-state index < -0.39 is 40.0 Å². The Morgan fingerprint density at radius 3 is 1.76 bits per heavy atom. The van der Waals surface area contributed by atoms with E-state index >= 15 is 0 Å². The van der Waals surface area contributed by atoms with Gasteiger partial charge in [-0.3, -0.25) is 0 Å². The first-order valence-electron chi connectivity index (χ1n) is 14.7. The highest BCUT2D eigenvalue weighted by molar-refractivity contribution is 5.85. The van der Waals surface area contributed by atoms with Crippen LogP contribution in [0.1, 0.15) is 37.8 Å². The van der Waals surface area contributed by atoms with Gasteiger partial charge in [-0.25, -0.2) is 0 Å². The van der Waals surface area contributed by atoms with Gasteiger partial charge in [0.15, 0.2) is 29.1 Å². The third kappa shape index (κ3) is 14.7. The van der Waals surface area contributed by atoms with Crippen molar-refractivity contribution in [1.82, 2.24) is 4.90 Å². The third-order valence-electron chi connectivity index (χ3n) is 7.39. The summed E-state index contributed by atoms with van der Waals surface area (Å²) in [5.41, 5.74) is 1.60. The van der Waals surface area contributed by atoms with Crippen LogP contribution in [-0.2, 0) is 26.3 Å². The number of rotatable bonds is 21. The summed E-state index contributed by atoms with van der Waals surface area (Å²) in [5.74, 6) is 2.99. The van der Waals surface area contributed by atoms with Crippen molar-refractivity contribution in [1.29, 1.82) is 5.26 Å². The second-order valence-corrected chi connectivity index (χ2v) is 10.6. The minimum Gasteiger partial charge on any atom is -0.493 e. The summed E-state index contributed by atoms with van der Waals surface area (Å²) in [7, 11) is 8.67. The van der Waals surface area contributed by atoms with Gasteiger partial charge in [0.05, 0.1) is 39.9 Å². The van der Waals surface area contributed by atoms with Crippen LogP contribution in [0.2, 0.25) is 0 Å². The molecule has 0 heterocycles. The zero-order chi connectivity index (χ0) is 36.3. The molecule has 0 saturated carbocycles. The first-order valence-corrected chi connectivity index (χ1v) is 14.7. The van der Waals surface area contributed by atoms with Gasteiger partial charge in [0, 0.05) is 6.54 Å². The molecule has 274 valence electrons. The van der Waals surface area contributed by atoms with E-state index in [0.717, 1.165) is 49.4 Å². The highest BCUT2D eigenvalue weighted by Gasteiger charge is 2.36. The van der Waals surface area contributed by atoms with E-state index in [9.17, 15) is 35.6 Å². The van der Waals surface area contributed by atoms with Crippen molar-refractivity contribution in [3.05, 3.63) is 77.9 Å². The molecule has 2 aromatic carbocycles. The molecule has 2 rings (SSSR count). The number of methoxy groups -OCH3 is 4. The molecule has 0 aromatic heterocycles. The number of halogens is 1. The molecular weight excluding hydrogens is 674 g/mol. The van der Waals surface area contributed by atoms with Crippen LogP contribution in [0.15, 0.2) is 36.4 Å². The van der Waals surface area contributed by atoms with Crippen molar-refractivity contribution in [3.63, 3.8) is 0 Å². The van der Waals surface area contributed by atoms with E-state index in [1.165, 1.54) is 5.56 Å². The number of ether oxygens (including phenoxy) is 4. The normalized spacial score (nSPS) is 11.5. The van der Waals surface area contributed by atoms with Crippen molar-refractivity contribution in [2.45, 2.75) is 44.6 Å². The maximum absolute atomic E-state index is 10.2. The average Bonchev–Trinajstić information content (AvgIpc) is 3.06. The van der Waals surface area contributed by atoms with Gasteiger partial charge in [0.2, 0.25) is 0 Å². The van der Waals surface area contributed by atoms with Crippen LogP contribution in [-0.4, -0.2) is 88.1 Å². The topological polar surface area (TPSA) is 221 Å². The summed E-state index contributed by atoms with van der Waals surface area (Å²) in [6, 6.07) is 14.5. The quantitative estimate of drug-likeness (QED) is 0.128. The lowest BCUT2D eigenvalue weighted by Crippen LogP contribution is -2.32. The number of nitrogens with zero attached hydrogens (tertiary/aromatic N) is 5. The molecule has 0 bridgehead atoms. The Morgan fingerprint density at radius 1 is 0.796 bits per heavy atom. The molecule has 0 aliphatic carbocycles. The first kappa shape index (κ1) is 44.0. The summed E-state index contributed by atoms with van der Waals surface area (Å²) in [5, 5.41) is 35.8. The van der Waals surface area contributed by atoms with Crippen molar-refractivity contribution in [3.8, 4) is 29.1 Å². The number of hydrogen-bond acceptors (Lipinski definition) is 15. The van der Waals surface area contributed by atoms with E-state index in [0.29, 0.717) is 11.5 Å². The summed E-state index contributed by atoms with van der Waals surface area (Å²) in [6.45, 7) is 4.37. The zero-order valence-electron chi connectivity index (χ0n) is 28.5. The maximum Gasteiger partial charge on any atom is 0.294 e. The van der Waals surface area contributed by atoms with Crippen LogP contribution < -0.4 is 18.9 Å². The molecule has 0 aliphatic heterocycles. The first-order chi connectivity index (χ1) is 22.8. The Balaban J connectivity index is 0.00000122. The average molecular weight is 718 g/mol. The van der Waals surface area contributed by atoms with Gasteiger partial charge in [0.1, 0.15) is 13.2 Å². The number of hydrogen-bond donors (Lipinski definition) is 0. The molecular formula is C30H44ClN5O13. The molecule has 49 heavy (non-hydrogen) atoms. The van der Waals surface area contributed by atoms with Crippen LogP contribution in [0.3, 0.4) is 0 Å². The minimum atomic E-state index is -1.55. The van der Waals surface area contributed by atoms with Gasteiger partial charge < -0.3 is 38.4 Å². The largest absolute Gasteiger partial charge is 0.493 e. The van der Waals surface area contributed by atoms with Crippen molar-refractivity contribution in [2.24, 2.45) is 5.92 Å².